The van der Waals surface area contributed by atoms with E-state index >= 15 is 0 Å². The Morgan fingerprint density at radius 3 is 2.43 bits per heavy atom. The number of aromatic nitrogens is 5. The first-order valence-electron chi connectivity index (χ1n) is 11.9. The maximum atomic E-state index is 13.1. The smallest absolute Gasteiger partial charge is 0.416 e. The van der Waals surface area contributed by atoms with Gasteiger partial charge in [0.05, 0.1) is 16.8 Å². The molecule has 5 rings (SSSR count). The maximum absolute atomic E-state index is 13.1. The van der Waals surface area contributed by atoms with E-state index < -0.39 is 23.5 Å². The van der Waals surface area contributed by atoms with Crippen molar-refractivity contribution in [2.75, 3.05) is 5.32 Å². The summed E-state index contributed by atoms with van der Waals surface area (Å²) in [7, 11) is 0. The Morgan fingerprint density at radius 1 is 1.19 bits per heavy atom. The third-order valence-corrected chi connectivity index (χ3v) is 6.89. The summed E-state index contributed by atoms with van der Waals surface area (Å²) in [5.41, 5.74) is 1.60. The minimum Gasteiger partial charge on any atom is -0.475 e. The van der Waals surface area contributed by atoms with Gasteiger partial charge >= 0.3 is 12.1 Å². The molecule has 1 aliphatic carbocycles. The van der Waals surface area contributed by atoms with Gasteiger partial charge in [0, 0.05) is 12.6 Å². The van der Waals surface area contributed by atoms with Gasteiger partial charge in [0.2, 0.25) is 5.82 Å². The minimum atomic E-state index is -4.45. The fraction of sp³-hybridized carbons (Fsp3) is 0.400. The molecular weight excluding hydrogens is 489 g/mol. The van der Waals surface area contributed by atoms with Crippen molar-refractivity contribution in [2.24, 2.45) is 5.92 Å². The molecule has 9 nitrogen and oxygen atoms in total. The second kappa shape index (κ2) is 9.16. The molecule has 0 saturated heterocycles. The highest BCUT2D eigenvalue weighted by Gasteiger charge is 2.31. The van der Waals surface area contributed by atoms with E-state index in [1.807, 2.05) is 6.92 Å². The molecular formula is C25H25F3N6O3. The Morgan fingerprint density at radius 2 is 1.89 bits per heavy atom. The normalized spacial score (nSPS) is 15.1. The molecule has 12 heteroatoms. The zero-order chi connectivity index (χ0) is 26.5. The van der Waals surface area contributed by atoms with Gasteiger partial charge in [-0.15, -0.1) is 0 Å². The molecule has 1 unspecified atom stereocenters. The Kier molecular flexibility index (Phi) is 6.12. The molecule has 0 amide bonds. The SMILES string of the molecule is Cc1noc(C)c1-c1nc2nc(C(=O)O)nc(NC(C)C3CCC3)c2n1Cc1ccc(C(F)(F)F)cc1. The molecule has 2 N–H and O–H groups in total. The predicted molar refractivity (Wildman–Crippen MR) is 128 cm³/mol. The van der Waals surface area contributed by atoms with Crippen LogP contribution in [0.4, 0.5) is 19.0 Å². The topological polar surface area (TPSA) is 119 Å². The van der Waals surface area contributed by atoms with Crippen LogP contribution in [0.25, 0.3) is 22.6 Å². The standard InChI is InChI=1S/C25H25F3N6O3/c1-12(16-5-4-6-16)29-20-19-21(31-22(30-20)24(35)36)32-23(18-13(2)33-37-14(18)3)34(19)11-15-7-9-17(10-8-15)25(26,27)28/h7-10,12,16H,4-6,11H2,1-3H3,(H,35,36)(H,29,30,31). The van der Waals surface area contributed by atoms with Crippen LogP contribution in [-0.4, -0.2) is 41.8 Å². The summed E-state index contributed by atoms with van der Waals surface area (Å²) in [4.78, 5) is 24.9. The molecule has 1 saturated carbocycles. The van der Waals surface area contributed by atoms with Gasteiger partial charge in [-0.05, 0) is 57.2 Å². The minimum absolute atomic E-state index is 0.0189. The Labute approximate surface area is 209 Å². The van der Waals surface area contributed by atoms with Gasteiger partial charge in [-0.3, -0.25) is 0 Å². The van der Waals surface area contributed by atoms with Crippen molar-refractivity contribution in [2.45, 2.75) is 58.8 Å². The molecule has 194 valence electrons. The lowest BCUT2D eigenvalue weighted by molar-refractivity contribution is -0.137. The molecule has 4 aromatic rings. The van der Waals surface area contributed by atoms with Crippen LogP contribution in [0.1, 0.15) is 59.4 Å². The average molecular weight is 515 g/mol. The number of aromatic carboxylic acids is 1. The monoisotopic (exact) mass is 514 g/mol. The Balaban J connectivity index is 1.70. The van der Waals surface area contributed by atoms with E-state index in [0.717, 1.165) is 31.4 Å². The number of benzene rings is 1. The number of imidazole rings is 1. The predicted octanol–water partition coefficient (Wildman–Crippen LogP) is 5.46. The third-order valence-electron chi connectivity index (χ3n) is 6.89. The third kappa shape index (κ3) is 4.63. The van der Waals surface area contributed by atoms with Crippen LogP contribution in [0, 0.1) is 19.8 Å². The number of nitrogens with zero attached hydrogens (tertiary/aromatic N) is 5. The summed E-state index contributed by atoms with van der Waals surface area (Å²) in [6.45, 7) is 5.63. The molecule has 3 aromatic heterocycles. The summed E-state index contributed by atoms with van der Waals surface area (Å²) in [5.74, 6) is -0.0730. The van der Waals surface area contributed by atoms with Crippen LogP contribution in [0.3, 0.4) is 0 Å². The van der Waals surface area contributed by atoms with Gasteiger partial charge in [-0.25, -0.2) is 19.7 Å². The molecule has 0 spiro atoms. The van der Waals surface area contributed by atoms with E-state index in [-0.39, 0.29) is 18.2 Å². The fourth-order valence-electron chi connectivity index (χ4n) is 4.63. The first-order valence-corrected chi connectivity index (χ1v) is 11.9. The molecule has 0 bridgehead atoms. The van der Waals surface area contributed by atoms with Gasteiger partial charge < -0.3 is 19.5 Å². The first kappa shape index (κ1) is 24.7. The summed E-state index contributed by atoms with van der Waals surface area (Å²) in [6.07, 6.45) is -1.19. The number of carboxylic acids is 1. The Bertz CT molecular complexity index is 1450. The number of carbonyl (C=O) groups is 1. The van der Waals surface area contributed by atoms with Gasteiger partial charge in [-0.2, -0.15) is 13.2 Å². The summed E-state index contributed by atoms with van der Waals surface area (Å²) >= 11 is 0. The van der Waals surface area contributed by atoms with E-state index in [2.05, 4.69) is 25.4 Å². The van der Waals surface area contributed by atoms with E-state index in [1.165, 1.54) is 12.1 Å². The largest absolute Gasteiger partial charge is 0.475 e. The van der Waals surface area contributed by atoms with Gasteiger partial charge in [0.25, 0.3) is 0 Å². The maximum Gasteiger partial charge on any atom is 0.416 e. The van der Waals surface area contributed by atoms with Gasteiger partial charge in [-0.1, -0.05) is 23.7 Å². The number of carboxylic acid groups (broad SMARTS) is 1. The quantitative estimate of drug-likeness (QED) is 0.334. The number of fused-ring (bicyclic) bond motifs is 1. The molecule has 3 heterocycles. The van der Waals surface area contributed by atoms with E-state index in [1.54, 1.807) is 18.4 Å². The summed E-state index contributed by atoms with van der Waals surface area (Å²) < 4.78 is 46.5. The Hall–Kier alpha value is -3.96. The second-order valence-corrected chi connectivity index (χ2v) is 9.41. The van der Waals surface area contributed by atoms with E-state index in [0.29, 0.717) is 45.7 Å². The van der Waals surface area contributed by atoms with Crippen LogP contribution < -0.4 is 5.32 Å². The van der Waals surface area contributed by atoms with Crippen LogP contribution in [0.5, 0.6) is 0 Å². The van der Waals surface area contributed by atoms with E-state index in [4.69, 9.17) is 4.52 Å². The molecule has 1 atom stereocenters. The van der Waals surface area contributed by atoms with Crippen LogP contribution >= 0.6 is 0 Å². The highest BCUT2D eigenvalue weighted by Crippen LogP contribution is 2.36. The van der Waals surface area contributed by atoms with Crippen molar-refractivity contribution in [3.63, 3.8) is 0 Å². The molecule has 37 heavy (non-hydrogen) atoms. The van der Waals surface area contributed by atoms with Crippen molar-refractivity contribution in [1.82, 2.24) is 24.7 Å². The number of hydrogen-bond donors (Lipinski definition) is 2. The number of hydrogen-bond acceptors (Lipinski definition) is 7. The molecule has 0 aliphatic heterocycles. The van der Waals surface area contributed by atoms with E-state index in [9.17, 15) is 23.1 Å². The van der Waals surface area contributed by atoms with Crippen LogP contribution in [-0.2, 0) is 12.7 Å². The summed E-state index contributed by atoms with van der Waals surface area (Å²) in [6, 6.07) is 4.89. The van der Waals surface area contributed by atoms with Crippen molar-refractivity contribution < 1.29 is 27.6 Å². The lowest BCUT2D eigenvalue weighted by atomic mass is 9.80. The van der Waals surface area contributed by atoms with Gasteiger partial charge in [0.15, 0.2) is 11.5 Å². The van der Waals surface area contributed by atoms with Crippen molar-refractivity contribution in [3.8, 4) is 11.4 Å². The van der Waals surface area contributed by atoms with Gasteiger partial charge in [0.1, 0.15) is 17.1 Å². The number of aryl methyl sites for hydroxylation is 2. The average Bonchev–Trinajstić information content (AvgIpc) is 3.31. The number of alkyl halides is 3. The zero-order valence-corrected chi connectivity index (χ0v) is 20.4. The lowest BCUT2D eigenvalue weighted by Gasteiger charge is -2.32. The molecule has 0 radical (unpaired) electrons. The lowest BCUT2D eigenvalue weighted by Crippen LogP contribution is -2.31. The van der Waals surface area contributed by atoms with Crippen molar-refractivity contribution in [3.05, 3.63) is 52.7 Å². The zero-order valence-electron chi connectivity index (χ0n) is 20.4. The number of anilines is 1. The first-order chi connectivity index (χ1) is 17.5. The highest BCUT2D eigenvalue weighted by molar-refractivity contribution is 5.92. The van der Waals surface area contributed by atoms with Crippen LogP contribution in [0.2, 0.25) is 0 Å². The molecule has 1 fully saturated rings. The van der Waals surface area contributed by atoms with Crippen molar-refractivity contribution >= 4 is 23.0 Å². The fourth-order valence-corrected chi connectivity index (χ4v) is 4.63. The summed E-state index contributed by atoms with van der Waals surface area (Å²) in [5, 5.41) is 17.0. The molecule has 1 aliphatic rings. The number of halogens is 3. The highest BCUT2D eigenvalue weighted by atomic mass is 19.4. The number of nitrogens with one attached hydrogen (secondary N) is 1. The van der Waals surface area contributed by atoms with Crippen molar-refractivity contribution in [1.29, 1.82) is 0 Å². The molecule has 1 aromatic carbocycles. The second-order valence-electron chi connectivity index (χ2n) is 9.41. The number of rotatable bonds is 7. The van der Waals surface area contributed by atoms with Crippen LogP contribution in [0.15, 0.2) is 28.8 Å².